The van der Waals surface area contributed by atoms with E-state index < -0.39 is 0 Å². The largest absolute Gasteiger partial charge is 0.493 e. The predicted molar refractivity (Wildman–Crippen MR) is 102 cm³/mol. The van der Waals surface area contributed by atoms with Gasteiger partial charge in [0.05, 0.1) is 21.3 Å². The zero-order valence-electron chi connectivity index (χ0n) is 14.6. The molecule has 0 saturated carbocycles. The van der Waals surface area contributed by atoms with Gasteiger partial charge in [0.15, 0.2) is 11.5 Å². The lowest BCUT2D eigenvalue weighted by Gasteiger charge is -2.13. The zero-order valence-corrected chi connectivity index (χ0v) is 15.4. The minimum atomic E-state index is 0.546. The van der Waals surface area contributed by atoms with Gasteiger partial charge in [-0.25, -0.2) is 0 Å². The summed E-state index contributed by atoms with van der Waals surface area (Å²) in [5.74, 6) is 1.70. The first-order valence-electron chi connectivity index (χ1n) is 7.94. The lowest BCUT2D eigenvalue weighted by molar-refractivity contribution is 0.324. The second-order valence-corrected chi connectivity index (χ2v) is 6.49. The maximum atomic E-state index is 5.46. The molecule has 0 aliphatic heterocycles. The molecule has 0 fully saturated rings. The summed E-state index contributed by atoms with van der Waals surface area (Å²) in [6.45, 7) is 0. The van der Waals surface area contributed by atoms with Crippen LogP contribution in [0.5, 0.6) is 17.2 Å². The van der Waals surface area contributed by atoms with E-state index in [1.54, 1.807) is 32.7 Å². The molecular weight excluding hydrogens is 350 g/mol. The minimum absolute atomic E-state index is 0.546. The van der Waals surface area contributed by atoms with Crippen LogP contribution in [-0.4, -0.2) is 36.7 Å². The third-order valence-electron chi connectivity index (χ3n) is 4.22. The molecule has 0 radical (unpaired) electrons. The molecule has 132 valence electrons. The molecule has 2 aromatic carbocycles. The van der Waals surface area contributed by atoms with Gasteiger partial charge in [0, 0.05) is 26.6 Å². The molecule has 26 heavy (non-hydrogen) atoms. The van der Waals surface area contributed by atoms with Gasteiger partial charge in [-0.2, -0.15) is 15.4 Å². The van der Waals surface area contributed by atoms with Crippen LogP contribution >= 0.6 is 11.3 Å². The van der Waals surface area contributed by atoms with E-state index in [0.29, 0.717) is 17.2 Å². The van der Waals surface area contributed by atoms with E-state index in [-0.39, 0.29) is 0 Å². The lowest BCUT2D eigenvalue weighted by Crippen LogP contribution is -1.96. The average Bonchev–Trinajstić information content (AvgIpc) is 3.33. The Morgan fingerprint density at radius 3 is 2.27 bits per heavy atom. The van der Waals surface area contributed by atoms with Gasteiger partial charge in [0.2, 0.25) is 5.75 Å². The highest BCUT2D eigenvalue weighted by Gasteiger charge is 2.20. The number of fused-ring (bicyclic) bond motifs is 1. The SMILES string of the molecule is COc1cc(-c2n[nH]nc2-c2csc3ccccc23)cc(OC)c1OC. The van der Waals surface area contributed by atoms with E-state index in [9.17, 15) is 0 Å². The summed E-state index contributed by atoms with van der Waals surface area (Å²) in [4.78, 5) is 0. The second-order valence-electron chi connectivity index (χ2n) is 5.58. The molecule has 0 amide bonds. The Bertz CT molecular complexity index is 1050. The first-order valence-corrected chi connectivity index (χ1v) is 8.82. The van der Waals surface area contributed by atoms with Crippen molar-refractivity contribution in [1.82, 2.24) is 15.4 Å². The third-order valence-corrected chi connectivity index (χ3v) is 5.19. The summed E-state index contributed by atoms with van der Waals surface area (Å²) in [6, 6.07) is 12.0. The molecule has 7 heteroatoms. The Labute approximate surface area is 154 Å². The van der Waals surface area contributed by atoms with Crippen LogP contribution in [0.25, 0.3) is 32.6 Å². The molecule has 6 nitrogen and oxygen atoms in total. The quantitative estimate of drug-likeness (QED) is 0.567. The number of aromatic nitrogens is 3. The molecule has 0 unspecified atom stereocenters. The topological polar surface area (TPSA) is 69.3 Å². The molecule has 2 aromatic heterocycles. The van der Waals surface area contributed by atoms with Gasteiger partial charge in [-0.3, -0.25) is 0 Å². The first kappa shape index (κ1) is 16.4. The number of nitrogens with one attached hydrogen (secondary N) is 1. The maximum absolute atomic E-state index is 5.46. The van der Waals surface area contributed by atoms with Crippen molar-refractivity contribution in [3.8, 4) is 39.8 Å². The van der Waals surface area contributed by atoms with Gasteiger partial charge in [-0.05, 0) is 18.2 Å². The Kier molecular flexibility index (Phi) is 4.22. The van der Waals surface area contributed by atoms with Crippen LogP contribution in [-0.2, 0) is 0 Å². The van der Waals surface area contributed by atoms with E-state index >= 15 is 0 Å². The average molecular weight is 367 g/mol. The van der Waals surface area contributed by atoms with E-state index in [4.69, 9.17) is 14.2 Å². The number of aromatic amines is 1. The number of hydrogen-bond acceptors (Lipinski definition) is 6. The Hall–Kier alpha value is -3.06. The van der Waals surface area contributed by atoms with Crippen LogP contribution in [0.2, 0.25) is 0 Å². The van der Waals surface area contributed by atoms with E-state index in [1.807, 2.05) is 24.3 Å². The monoisotopic (exact) mass is 367 g/mol. The second kappa shape index (κ2) is 6.68. The van der Waals surface area contributed by atoms with Crippen molar-refractivity contribution in [3.63, 3.8) is 0 Å². The van der Waals surface area contributed by atoms with Crippen LogP contribution in [0.3, 0.4) is 0 Å². The zero-order chi connectivity index (χ0) is 18.1. The summed E-state index contributed by atoms with van der Waals surface area (Å²) in [7, 11) is 4.77. The lowest BCUT2D eigenvalue weighted by atomic mass is 10.0. The van der Waals surface area contributed by atoms with Gasteiger partial charge in [-0.1, -0.05) is 18.2 Å². The Morgan fingerprint density at radius 1 is 0.885 bits per heavy atom. The Balaban J connectivity index is 1.90. The molecule has 0 bridgehead atoms. The number of nitrogens with zero attached hydrogens (tertiary/aromatic N) is 2. The molecule has 0 aliphatic rings. The molecule has 0 spiro atoms. The molecule has 4 aromatic rings. The number of hydrogen-bond donors (Lipinski definition) is 1. The summed E-state index contributed by atoms with van der Waals surface area (Å²) in [5.41, 5.74) is 3.39. The Morgan fingerprint density at radius 2 is 1.58 bits per heavy atom. The molecule has 1 N–H and O–H groups in total. The number of thiophene rings is 1. The van der Waals surface area contributed by atoms with Crippen molar-refractivity contribution in [1.29, 1.82) is 0 Å². The van der Waals surface area contributed by atoms with Crippen LogP contribution < -0.4 is 14.2 Å². The number of benzene rings is 2. The van der Waals surface area contributed by atoms with E-state index in [2.05, 4.69) is 32.9 Å². The van der Waals surface area contributed by atoms with Gasteiger partial charge < -0.3 is 14.2 Å². The highest BCUT2D eigenvalue weighted by Crippen LogP contribution is 2.43. The molecule has 2 heterocycles. The molecule has 0 atom stereocenters. The summed E-state index contributed by atoms with van der Waals surface area (Å²) in [5, 5.41) is 14.8. The van der Waals surface area contributed by atoms with Crippen molar-refractivity contribution in [2.24, 2.45) is 0 Å². The highest BCUT2D eigenvalue weighted by molar-refractivity contribution is 7.17. The highest BCUT2D eigenvalue weighted by atomic mass is 32.1. The molecule has 4 rings (SSSR count). The van der Waals surface area contributed by atoms with E-state index in [1.165, 1.54) is 4.70 Å². The van der Waals surface area contributed by atoms with Gasteiger partial charge >= 0.3 is 0 Å². The minimum Gasteiger partial charge on any atom is -0.493 e. The van der Waals surface area contributed by atoms with E-state index in [0.717, 1.165) is 27.9 Å². The number of methoxy groups -OCH3 is 3. The number of H-pyrrole nitrogens is 1. The fourth-order valence-corrected chi connectivity index (χ4v) is 3.94. The summed E-state index contributed by atoms with van der Waals surface area (Å²) >= 11 is 1.69. The molecule has 0 saturated heterocycles. The van der Waals surface area contributed by atoms with Crippen molar-refractivity contribution < 1.29 is 14.2 Å². The fourth-order valence-electron chi connectivity index (χ4n) is 3.00. The first-order chi connectivity index (χ1) is 12.8. The molecular formula is C19H17N3O3S. The summed E-state index contributed by atoms with van der Waals surface area (Å²) in [6.07, 6.45) is 0. The van der Waals surface area contributed by atoms with Gasteiger partial charge in [0.1, 0.15) is 11.4 Å². The van der Waals surface area contributed by atoms with Crippen LogP contribution in [0.4, 0.5) is 0 Å². The smallest absolute Gasteiger partial charge is 0.203 e. The number of ether oxygens (including phenoxy) is 3. The fraction of sp³-hybridized carbons (Fsp3) is 0.158. The van der Waals surface area contributed by atoms with Gasteiger partial charge in [0.25, 0.3) is 0 Å². The van der Waals surface area contributed by atoms with Gasteiger partial charge in [-0.15, -0.1) is 11.3 Å². The normalized spacial score (nSPS) is 10.9. The third kappa shape index (κ3) is 2.57. The van der Waals surface area contributed by atoms with Crippen LogP contribution in [0, 0.1) is 0 Å². The maximum Gasteiger partial charge on any atom is 0.203 e. The van der Waals surface area contributed by atoms with Crippen molar-refractivity contribution >= 4 is 21.4 Å². The predicted octanol–water partition coefficient (Wildman–Crippen LogP) is 4.38. The van der Waals surface area contributed by atoms with Crippen molar-refractivity contribution in [2.75, 3.05) is 21.3 Å². The van der Waals surface area contributed by atoms with Crippen molar-refractivity contribution in [3.05, 3.63) is 41.8 Å². The molecule has 0 aliphatic carbocycles. The number of rotatable bonds is 5. The van der Waals surface area contributed by atoms with Crippen molar-refractivity contribution in [2.45, 2.75) is 0 Å². The summed E-state index contributed by atoms with van der Waals surface area (Å²) < 4.78 is 17.5. The standard InChI is InChI=1S/C19H17N3O3S/c1-23-14-8-11(9-15(24-2)19(14)25-3)17-18(21-22-20-17)13-10-26-16-7-5-4-6-12(13)16/h4-10H,1-3H3,(H,20,21,22). The van der Waals surface area contributed by atoms with Crippen LogP contribution in [0.15, 0.2) is 41.8 Å². The van der Waals surface area contributed by atoms with Crippen LogP contribution in [0.1, 0.15) is 0 Å².